The predicted molar refractivity (Wildman–Crippen MR) is 59.4 cm³/mol. The maximum atomic E-state index is 11.2. The fourth-order valence-electron chi connectivity index (χ4n) is 2.46. The molecule has 17 heavy (non-hydrogen) atoms. The van der Waals surface area contributed by atoms with Crippen molar-refractivity contribution in [1.29, 1.82) is 0 Å². The van der Waals surface area contributed by atoms with Crippen LogP contribution in [0.3, 0.4) is 0 Å². The van der Waals surface area contributed by atoms with Crippen LogP contribution in [0.5, 0.6) is 0 Å². The van der Waals surface area contributed by atoms with Gasteiger partial charge in [0.2, 0.25) is 0 Å². The number of hydrogen-bond acceptors (Lipinski definition) is 5. The number of ether oxygens (including phenoxy) is 4. The number of rotatable bonds is 3. The Morgan fingerprint density at radius 1 is 1.41 bits per heavy atom. The molecule has 5 nitrogen and oxygen atoms in total. The molecule has 2 fully saturated rings. The van der Waals surface area contributed by atoms with E-state index < -0.39 is 5.79 Å². The molecule has 0 amide bonds. The lowest BCUT2D eigenvalue weighted by Gasteiger charge is -2.35. The summed E-state index contributed by atoms with van der Waals surface area (Å²) in [6.45, 7) is 3.94. The third-order valence-corrected chi connectivity index (χ3v) is 3.54. The van der Waals surface area contributed by atoms with E-state index in [9.17, 15) is 4.79 Å². The van der Waals surface area contributed by atoms with Crippen LogP contribution in [0, 0.1) is 5.92 Å². The monoisotopic (exact) mass is 244 g/mol. The molecule has 5 heteroatoms. The molecule has 2 atom stereocenters. The molecule has 0 spiro atoms. The average molecular weight is 244 g/mol. The Kier molecular flexibility index (Phi) is 4.01. The highest BCUT2D eigenvalue weighted by molar-refractivity contribution is 5.69. The second-order valence-corrected chi connectivity index (χ2v) is 4.73. The SMILES string of the molecule is COC(=O)CC1COC(C)(C2CCOCC2)O1. The molecular weight excluding hydrogens is 224 g/mol. The van der Waals surface area contributed by atoms with Crippen LogP contribution < -0.4 is 0 Å². The first-order valence-corrected chi connectivity index (χ1v) is 6.10. The number of hydrogen-bond donors (Lipinski definition) is 0. The lowest BCUT2D eigenvalue weighted by Crippen LogP contribution is -2.40. The van der Waals surface area contributed by atoms with Gasteiger partial charge in [-0.25, -0.2) is 0 Å². The molecular formula is C12H20O5. The maximum Gasteiger partial charge on any atom is 0.308 e. The van der Waals surface area contributed by atoms with Crippen LogP contribution in [0.4, 0.5) is 0 Å². The zero-order valence-corrected chi connectivity index (χ0v) is 10.4. The van der Waals surface area contributed by atoms with E-state index in [0.717, 1.165) is 26.1 Å². The van der Waals surface area contributed by atoms with Crippen LogP contribution in [0.2, 0.25) is 0 Å². The standard InChI is InChI=1S/C12H20O5/c1-12(9-3-5-15-6-4-9)16-8-10(17-12)7-11(13)14-2/h9-10H,3-8H2,1-2H3. The van der Waals surface area contributed by atoms with Crippen molar-refractivity contribution in [3.63, 3.8) is 0 Å². The zero-order chi connectivity index (χ0) is 12.3. The van der Waals surface area contributed by atoms with Crippen LogP contribution in [0.1, 0.15) is 26.2 Å². The van der Waals surface area contributed by atoms with E-state index in [1.54, 1.807) is 0 Å². The van der Waals surface area contributed by atoms with Crippen molar-refractivity contribution in [3.05, 3.63) is 0 Å². The molecule has 2 heterocycles. The van der Waals surface area contributed by atoms with Crippen molar-refractivity contribution < 1.29 is 23.7 Å². The minimum absolute atomic E-state index is 0.185. The van der Waals surface area contributed by atoms with Gasteiger partial charge in [-0.3, -0.25) is 4.79 Å². The van der Waals surface area contributed by atoms with Gasteiger partial charge in [-0.2, -0.15) is 0 Å². The summed E-state index contributed by atoms with van der Waals surface area (Å²) in [5.41, 5.74) is 0. The molecule has 0 aromatic rings. The second kappa shape index (κ2) is 5.33. The van der Waals surface area contributed by atoms with Gasteiger partial charge >= 0.3 is 5.97 Å². The third kappa shape index (κ3) is 2.97. The number of methoxy groups -OCH3 is 1. The molecule has 0 aromatic carbocycles. The Balaban J connectivity index is 1.88. The highest BCUT2D eigenvalue weighted by Gasteiger charge is 2.44. The van der Waals surface area contributed by atoms with Gasteiger partial charge in [0.05, 0.1) is 26.2 Å². The summed E-state index contributed by atoms with van der Waals surface area (Å²) in [7, 11) is 1.38. The van der Waals surface area contributed by atoms with Gasteiger partial charge in [0, 0.05) is 19.1 Å². The van der Waals surface area contributed by atoms with Crippen molar-refractivity contribution in [2.45, 2.75) is 38.1 Å². The maximum absolute atomic E-state index is 11.2. The summed E-state index contributed by atoms with van der Waals surface area (Å²) in [6, 6.07) is 0. The van der Waals surface area contributed by atoms with Gasteiger partial charge in [-0.15, -0.1) is 0 Å². The third-order valence-electron chi connectivity index (χ3n) is 3.54. The van der Waals surface area contributed by atoms with Crippen LogP contribution in [-0.2, 0) is 23.7 Å². The smallest absolute Gasteiger partial charge is 0.308 e. The first-order chi connectivity index (χ1) is 8.14. The van der Waals surface area contributed by atoms with E-state index in [-0.39, 0.29) is 18.5 Å². The molecule has 2 saturated heterocycles. The molecule has 2 aliphatic rings. The van der Waals surface area contributed by atoms with Gasteiger partial charge in [0.15, 0.2) is 5.79 Å². The topological polar surface area (TPSA) is 54.0 Å². The summed E-state index contributed by atoms with van der Waals surface area (Å²) in [6.07, 6.45) is 1.97. The Hall–Kier alpha value is -0.650. The van der Waals surface area contributed by atoms with Crippen LogP contribution in [-0.4, -0.2) is 44.8 Å². The predicted octanol–water partition coefficient (Wildman–Crippen LogP) is 1.11. The van der Waals surface area contributed by atoms with E-state index in [4.69, 9.17) is 14.2 Å². The molecule has 2 rings (SSSR count). The lowest BCUT2D eigenvalue weighted by molar-refractivity contribution is -0.207. The van der Waals surface area contributed by atoms with E-state index in [0.29, 0.717) is 12.5 Å². The molecule has 0 N–H and O–H groups in total. The highest BCUT2D eigenvalue weighted by atomic mass is 16.7. The van der Waals surface area contributed by atoms with Crippen molar-refractivity contribution in [2.24, 2.45) is 5.92 Å². The first-order valence-electron chi connectivity index (χ1n) is 6.10. The molecule has 98 valence electrons. The fourth-order valence-corrected chi connectivity index (χ4v) is 2.46. The summed E-state index contributed by atoms with van der Waals surface area (Å²) in [5, 5.41) is 0. The number of carbonyl (C=O) groups is 1. The summed E-state index contributed by atoms with van der Waals surface area (Å²) in [5.74, 6) is -0.476. The Morgan fingerprint density at radius 2 is 2.12 bits per heavy atom. The fraction of sp³-hybridized carbons (Fsp3) is 0.917. The minimum Gasteiger partial charge on any atom is -0.469 e. The number of carbonyl (C=O) groups excluding carboxylic acids is 1. The Labute approximate surface area is 101 Å². The molecule has 0 aromatic heterocycles. The van der Waals surface area contributed by atoms with Gasteiger partial charge in [-0.05, 0) is 19.8 Å². The van der Waals surface area contributed by atoms with Crippen LogP contribution in [0.25, 0.3) is 0 Å². The van der Waals surface area contributed by atoms with E-state index in [2.05, 4.69) is 4.74 Å². The quantitative estimate of drug-likeness (QED) is 0.696. The van der Waals surface area contributed by atoms with Crippen LogP contribution >= 0.6 is 0 Å². The summed E-state index contributed by atoms with van der Waals surface area (Å²) >= 11 is 0. The van der Waals surface area contributed by atoms with Crippen LogP contribution in [0.15, 0.2) is 0 Å². The van der Waals surface area contributed by atoms with Crippen molar-refractivity contribution >= 4 is 5.97 Å². The molecule has 0 bridgehead atoms. The Morgan fingerprint density at radius 3 is 2.76 bits per heavy atom. The highest BCUT2D eigenvalue weighted by Crippen LogP contribution is 2.37. The summed E-state index contributed by atoms with van der Waals surface area (Å²) in [4.78, 5) is 11.2. The first kappa shape index (κ1) is 12.8. The number of esters is 1. The molecule has 0 radical (unpaired) electrons. The molecule has 2 aliphatic heterocycles. The van der Waals surface area contributed by atoms with E-state index in [1.807, 2.05) is 6.92 Å². The van der Waals surface area contributed by atoms with Gasteiger partial charge < -0.3 is 18.9 Å². The summed E-state index contributed by atoms with van der Waals surface area (Å²) < 4.78 is 21.6. The minimum atomic E-state index is -0.567. The molecule has 0 saturated carbocycles. The van der Waals surface area contributed by atoms with Crippen molar-refractivity contribution in [3.8, 4) is 0 Å². The van der Waals surface area contributed by atoms with Gasteiger partial charge in [0.1, 0.15) is 0 Å². The largest absolute Gasteiger partial charge is 0.469 e. The Bertz CT molecular complexity index is 274. The zero-order valence-electron chi connectivity index (χ0n) is 10.4. The van der Waals surface area contributed by atoms with E-state index >= 15 is 0 Å². The molecule has 2 unspecified atom stereocenters. The lowest BCUT2D eigenvalue weighted by atomic mass is 9.92. The van der Waals surface area contributed by atoms with Gasteiger partial charge in [-0.1, -0.05) is 0 Å². The van der Waals surface area contributed by atoms with Crippen molar-refractivity contribution in [2.75, 3.05) is 26.9 Å². The normalized spacial score (nSPS) is 34.8. The van der Waals surface area contributed by atoms with Gasteiger partial charge in [0.25, 0.3) is 0 Å². The molecule has 0 aliphatic carbocycles. The second-order valence-electron chi connectivity index (χ2n) is 4.73. The van der Waals surface area contributed by atoms with E-state index in [1.165, 1.54) is 7.11 Å². The van der Waals surface area contributed by atoms with Crippen molar-refractivity contribution in [1.82, 2.24) is 0 Å². The average Bonchev–Trinajstić information content (AvgIpc) is 2.73.